The Balaban J connectivity index is 1.13. The molecule has 3 heteroatoms. The van der Waals surface area contributed by atoms with E-state index in [4.69, 9.17) is 9.97 Å². The normalized spacial score (nSPS) is 13.3. The van der Waals surface area contributed by atoms with Gasteiger partial charge in [0, 0.05) is 22.4 Å². The van der Waals surface area contributed by atoms with Crippen LogP contribution in [0.3, 0.4) is 0 Å². The predicted octanol–water partition coefficient (Wildman–Crippen LogP) is 11.6. The van der Waals surface area contributed by atoms with Crippen LogP contribution in [0.15, 0.2) is 188 Å². The van der Waals surface area contributed by atoms with E-state index in [2.05, 4.69) is 181 Å². The summed E-state index contributed by atoms with van der Waals surface area (Å²) in [6.45, 7) is 0. The van der Waals surface area contributed by atoms with Gasteiger partial charge in [0.1, 0.15) is 0 Å². The minimum Gasteiger partial charge on any atom is -0.310 e. The van der Waals surface area contributed by atoms with Crippen molar-refractivity contribution in [1.29, 1.82) is 0 Å². The average Bonchev–Trinajstić information content (AvgIpc) is 3.49. The van der Waals surface area contributed by atoms with Gasteiger partial charge in [-0.25, -0.2) is 9.97 Å². The first kappa shape index (κ1) is 28.4. The summed E-state index contributed by atoms with van der Waals surface area (Å²) in [5.74, 6) is 0.703. The molecule has 1 aliphatic carbocycles. The number of anilines is 3. The van der Waals surface area contributed by atoms with Gasteiger partial charge in [-0.15, -0.1) is 0 Å². The Morgan fingerprint density at radius 3 is 1.28 bits per heavy atom. The zero-order valence-electron chi connectivity index (χ0n) is 27.2. The number of aromatic nitrogens is 2. The second-order valence-corrected chi connectivity index (χ2v) is 13.0. The smallest absolute Gasteiger partial charge is 0.160 e. The third-order valence-corrected chi connectivity index (χ3v) is 10.3. The Bertz CT molecular complexity index is 2390. The summed E-state index contributed by atoms with van der Waals surface area (Å²) in [6.07, 6.45) is 0. The molecule has 10 rings (SSSR count). The van der Waals surface area contributed by atoms with E-state index in [1.165, 1.54) is 44.8 Å². The molecule has 3 nitrogen and oxygen atoms in total. The number of rotatable bonds is 4. The lowest BCUT2D eigenvalue weighted by molar-refractivity contribution is 0.752. The molecular formula is C47H31N3. The van der Waals surface area contributed by atoms with Crippen molar-refractivity contribution < 1.29 is 0 Å². The number of para-hydroxylation sites is 2. The molecule has 0 atom stereocenters. The molecule has 1 aliphatic heterocycles. The van der Waals surface area contributed by atoms with Crippen LogP contribution in [-0.2, 0) is 5.41 Å². The summed E-state index contributed by atoms with van der Waals surface area (Å²) in [6, 6.07) is 67.2. The Labute approximate surface area is 291 Å². The van der Waals surface area contributed by atoms with E-state index in [9.17, 15) is 0 Å². The highest BCUT2D eigenvalue weighted by Gasteiger charge is 2.51. The fourth-order valence-corrected chi connectivity index (χ4v) is 8.19. The largest absolute Gasteiger partial charge is 0.310 e. The zero-order chi connectivity index (χ0) is 33.1. The number of hydrogen-bond donors (Lipinski definition) is 0. The molecule has 0 saturated heterocycles. The third kappa shape index (κ3) is 4.17. The zero-order valence-corrected chi connectivity index (χ0v) is 27.2. The molecule has 7 aromatic carbocycles. The number of nitrogens with zero attached hydrogens (tertiary/aromatic N) is 3. The third-order valence-electron chi connectivity index (χ3n) is 10.3. The first-order valence-electron chi connectivity index (χ1n) is 17.1. The Kier molecular flexibility index (Phi) is 6.40. The molecule has 2 aliphatic rings. The van der Waals surface area contributed by atoms with Gasteiger partial charge >= 0.3 is 0 Å². The Morgan fingerprint density at radius 1 is 0.360 bits per heavy atom. The first-order valence-corrected chi connectivity index (χ1v) is 17.1. The minimum absolute atomic E-state index is 0.420. The lowest BCUT2D eigenvalue weighted by Gasteiger charge is -2.45. The maximum atomic E-state index is 5.08. The molecule has 0 unspecified atom stereocenters. The highest BCUT2D eigenvalue weighted by molar-refractivity contribution is 5.95. The summed E-state index contributed by atoms with van der Waals surface area (Å²) in [7, 11) is 0. The standard InChI is InChI=1S/C47H31N3/c1-3-15-32(16-4-1)42-31-43(33-17-5-2-6-18-33)49-46(48-42)34-27-29-35(30-28-34)50-44-25-13-11-23-40(44)47(41-24-12-14-26-45(41)50)38-21-9-7-19-36(38)37-20-8-10-22-39(37)47/h1-31H. The molecular weight excluding hydrogens is 607 g/mol. The second kappa shape index (κ2) is 11.3. The highest BCUT2D eigenvalue weighted by Crippen LogP contribution is 2.63. The van der Waals surface area contributed by atoms with E-state index in [-0.39, 0.29) is 0 Å². The molecule has 50 heavy (non-hydrogen) atoms. The fraction of sp³-hybridized carbons (Fsp3) is 0.0213. The van der Waals surface area contributed by atoms with Crippen LogP contribution in [0, 0.1) is 0 Å². The van der Waals surface area contributed by atoms with Crippen molar-refractivity contribution in [2.45, 2.75) is 5.41 Å². The summed E-state index contributed by atoms with van der Waals surface area (Å²) < 4.78 is 0. The van der Waals surface area contributed by atoms with E-state index in [1.54, 1.807) is 0 Å². The van der Waals surface area contributed by atoms with Gasteiger partial charge in [-0.2, -0.15) is 0 Å². The van der Waals surface area contributed by atoms with Crippen LogP contribution in [0.2, 0.25) is 0 Å². The van der Waals surface area contributed by atoms with Crippen LogP contribution in [0.4, 0.5) is 17.1 Å². The SMILES string of the molecule is c1ccc(-c2cc(-c3ccccc3)nc(-c3ccc(N4c5ccccc5C5(c6ccccc6-c6ccccc65)c5ccccc54)cc3)n2)cc1. The van der Waals surface area contributed by atoms with Gasteiger partial charge < -0.3 is 4.90 Å². The molecule has 0 saturated carbocycles. The van der Waals surface area contributed by atoms with Crippen LogP contribution in [0.1, 0.15) is 22.3 Å². The molecule has 0 bridgehead atoms. The maximum absolute atomic E-state index is 5.08. The summed E-state index contributed by atoms with van der Waals surface area (Å²) in [5, 5.41) is 0. The second-order valence-electron chi connectivity index (χ2n) is 13.0. The number of benzene rings is 7. The van der Waals surface area contributed by atoms with Gasteiger partial charge in [0.05, 0.1) is 28.2 Å². The van der Waals surface area contributed by atoms with Crippen molar-refractivity contribution in [2.75, 3.05) is 4.90 Å². The highest BCUT2D eigenvalue weighted by atomic mass is 15.2. The lowest BCUT2D eigenvalue weighted by atomic mass is 9.64. The van der Waals surface area contributed by atoms with Crippen molar-refractivity contribution in [3.8, 4) is 45.0 Å². The Morgan fingerprint density at radius 2 is 0.780 bits per heavy atom. The van der Waals surface area contributed by atoms with Gasteiger partial charge in [0.25, 0.3) is 0 Å². The van der Waals surface area contributed by atoms with E-state index >= 15 is 0 Å². The van der Waals surface area contributed by atoms with E-state index in [0.717, 1.165) is 33.8 Å². The molecule has 0 amide bonds. The molecule has 1 aromatic heterocycles. The Hall–Kier alpha value is -6.58. The molecule has 0 radical (unpaired) electrons. The van der Waals surface area contributed by atoms with Crippen molar-refractivity contribution in [3.63, 3.8) is 0 Å². The van der Waals surface area contributed by atoms with Crippen LogP contribution < -0.4 is 4.90 Å². The van der Waals surface area contributed by atoms with Crippen molar-refractivity contribution in [1.82, 2.24) is 9.97 Å². The molecule has 2 heterocycles. The van der Waals surface area contributed by atoms with Crippen LogP contribution in [0.25, 0.3) is 45.0 Å². The topological polar surface area (TPSA) is 29.0 Å². The van der Waals surface area contributed by atoms with E-state index < -0.39 is 5.41 Å². The van der Waals surface area contributed by atoms with Gasteiger partial charge in [-0.05, 0) is 75.8 Å². The predicted molar refractivity (Wildman–Crippen MR) is 204 cm³/mol. The van der Waals surface area contributed by atoms with Crippen molar-refractivity contribution in [2.24, 2.45) is 0 Å². The lowest BCUT2D eigenvalue weighted by Crippen LogP contribution is -2.36. The summed E-state index contributed by atoms with van der Waals surface area (Å²) in [5.41, 5.74) is 15.8. The van der Waals surface area contributed by atoms with Gasteiger partial charge in [0.15, 0.2) is 5.82 Å². The van der Waals surface area contributed by atoms with Crippen molar-refractivity contribution >= 4 is 17.1 Å². The monoisotopic (exact) mass is 637 g/mol. The van der Waals surface area contributed by atoms with Gasteiger partial charge in [-0.1, -0.05) is 146 Å². The number of fused-ring (bicyclic) bond motifs is 9. The molecule has 1 spiro atoms. The fourth-order valence-electron chi connectivity index (χ4n) is 8.19. The summed E-state index contributed by atoms with van der Waals surface area (Å²) in [4.78, 5) is 12.6. The van der Waals surface area contributed by atoms with Gasteiger partial charge in [0.2, 0.25) is 0 Å². The molecule has 0 fully saturated rings. The van der Waals surface area contributed by atoms with Crippen LogP contribution in [0.5, 0.6) is 0 Å². The van der Waals surface area contributed by atoms with Gasteiger partial charge in [-0.3, -0.25) is 0 Å². The molecule has 0 N–H and O–H groups in total. The quantitative estimate of drug-likeness (QED) is 0.192. The first-order chi connectivity index (χ1) is 24.8. The van der Waals surface area contributed by atoms with Crippen LogP contribution in [-0.4, -0.2) is 9.97 Å². The number of hydrogen-bond acceptors (Lipinski definition) is 3. The summed E-state index contributed by atoms with van der Waals surface area (Å²) >= 11 is 0. The van der Waals surface area contributed by atoms with Crippen LogP contribution >= 0.6 is 0 Å². The van der Waals surface area contributed by atoms with E-state index in [1.807, 2.05) is 12.1 Å². The molecule has 234 valence electrons. The average molecular weight is 638 g/mol. The minimum atomic E-state index is -0.420. The maximum Gasteiger partial charge on any atom is 0.160 e. The van der Waals surface area contributed by atoms with Crippen molar-refractivity contribution in [3.05, 3.63) is 210 Å². The van der Waals surface area contributed by atoms with E-state index in [0.29, 0.717) is 5.82 Å². The molecule has 8 aromatic rings.